The van der Waals surface area contributed by atoms with Crippen molar-refractivity contribution >= 4 is 5.97 Å². The van der Waals surface area contributed by atoms with Gasteiger partial charge in [0.15, 0.2) is 0 Å². The van der Waals surface area contributed by atoms with Crippen LogP contribution in [0.4, 0.5) is 0 Å². The van der Waals surface area contributed by atoms with E-state index in [0.717, 1.165) is 5.92 Å². The molecule has 2 fully saturated rings. The van der Waals surface area contributed by atoms with Gasteiger partial charge < -0.3 is 5.11 Å². The third-order valence-corrected chi connectivity index (χ3v) is 3.41. The molecule has 11 heavy (non-hydrogen) atoms. The number of hydrogen-bond donors (Lipinski definition) is 1. The Kier molecular flexibility index (Phi) is 1.44. The van der Waals surface area contributed by atoms with Gasteiger partial charge >= 0.3 is 5.97 Å². The van der Waals surface area contributed by atoms with Crippen LogP contribution in [0.15, 0.2) is 0 Å². The lowest BCUT2D eigenvalue weighted by Crippen LogP contribution is -2.18. The number of carboxylic acid groups (broad SMARTS) is 1. The van der Waals surface area contributed by atoms with Crippen LogP contribution in [-0.4, -0.2) is 11.1 Å². The summed E-state index contributed by atoms with van der Waals surface area (Å²) in [6.07, 6.45) is 6.53. The summed E-state index contributed by atoms with van der Waals surface area (Å²) < 4.78 is 0. The maximum atomic E-state index is 10.5. The molecule has 2 rings (SSSR count). The highest BCUT2D eigenvalue weighted by Gasteiger charge is 2.45. The minimum atomic E-state index is -0.604. The highest BCUT2D eigenvalue weighted by Crippen LogP contribution is 2.55. The lowest BCUT2D eigenvalue weighted by atomic mass is 9.81. The molecule has 62 valence electrons. The maximum absolute atomic E-state index is 10.5. The van der Waals surface area contributed by atoms with Gasteiger partial charge in [-0.3, -0.25) is 4.79 Å². The van der Waals surface area contributed by atoms with Gasteiger partial charge in [0.25, 0.3) is 0 Å². The summed E-state index contributed by atoms with van der Waals surface area (Å²) in [6.45, 7) is 0. The Morgan fingerprint density at radius 2 is 2.09 bits per heavy atom. The molecule has 0 aromatic rings. The fourth-order valence-corrected chi connectivity index (χ4v) is 2.88. The normalized spacial score (nSPS) is 41.3. The number of aliphatic carboxylic acids is 1. The molecule has 0 atom stereocenters. The molecule has 0 unspecified atom stereocenters. The molecule has 0 aromatic heterocycles. The second kappa shape index (κ2) is 2.23. The molecule has 0 saturated heterocycles. The van der Waals surface area contributed by atoms with Crippen molar-refractivity contribution in [2.75, 3.05) is 0 Å². The molecular weight excluding hydrogens is 140 g/mol. The monoisotopic (exact) mass is 154 g/mol. The summed E-state index contributed by atoms with van der Waals surface area (Å²) in [4.78, 5) is 10.5. The first-order valence-electron chi connectivity index (χ1n) is 4.42. The zero-order valence-corrected chi connectivity index (χ0v) is 6.68. The van der Waals surface area contributed by atoms with Crippen molar-refractivity contribution < 1.29 is 9.90 Å². The minimum absolute atomic E-state index is 0.233. The largest absolute Gasteiger partial charge is 0.481 e. The van der Waals surface area contributed by atoms with E-state index in [1.807, 2.05) is 0 Å². The molecule has 2 nitrogen and oxygen atoms in total. The Hall–Kier alpha value is -0.530. The Morgan fingerprint density at radius 1 is 1.45 bits per heavy atom. The first-order chi connectivity index (χ1) is 5.20. The SMILES string of the molecule is O=C(O)CC12CCC(CC1)C2. The van der Waals surface area contributed by atoms with E-state index in [9.17, 15) is 4.79 Å². The molecule has 1 N–H and O–H groups in total. The predicted molar refractivity (Wildman–Crippen MR) is 41.3 cm³/mol. The average molecular weight is 154 g/mol. The van der Waals surface area contributed by atoms with Crippen molar-refractivity contribution in [1.82, 2.24) is 0 Å². The Bertz CT molecular complexity index is 178. The molecule has 0 aliphatic heterocycles. The van der Waals surface area contributed by atoms with Gasteiger partial charge in [0.1, 0.15) is 0 Å². The van der Waals surface area contributed by atoms with Gasteiger partial charge in [-0.05, 0) is 43.4 Å². The van der Waals surface area contributed by atoms with E-state index < -0.39 is 5.97 Å². The van der Waals surface area contributed by atoms with E-state index in [2.05, 4.69) is 0 Å². The molecule has 0 aromatic carbocycles. The Balaban J connectivity index is 2.05. The zero-order valence-electron chi connectivity index (χ0n) is 6.68. The molecule has 0 amide bonds. The van der Waals surface area contributed by atoms with Gasteiger partial charge in [-0.15, -0.1) is 0 Å². The van der Waals surface area contributed by atoms with Crippen molar-refractivity contribution in [3.05, 3.63) is 0 Å². The summed E-state index contributed by atoms with van der Waals surface area (Å²) in [5.41, 5.74) is 0.233. The Labute approximate surface area is 66.6 Å². The molecule has 2 bridgehead atoms. The predicted octanol–water partition coefficient (Wildman–Crippen LogP) is 2.04. The third-order valence-electron chi connectivity index (χ3n) is 3.41. The highest BCUT2D eigenvalue weighted by molar-refractivity contribution is 5.67. The van der Waals surface area contributed by atoms with Gasteiger partial charge in [-0.2, -0.15) is 0 Å². The van der Waals surface area contributed by atoms with Gasteiger partial charge in [-0.25, -0.2) is 0 Å². The molecular formula is C9H14O2. The lowest BCUT2D eigenvalue weighted by Gasteiger charge is -2.23. The molecule has 0 heterocycles. The van der Waals surface area contributed by atoms with Crippen molar-refractivity contribution in [3.63, 3.8) is 0 Å². The van der Waals surface area contributed by atoms with E-state index in [4.69, 9.17) is 5.11 Å². The zero-order chi connectivity index (χ0) is 7.90. The molecule has 2 aliphatic carbocycles. The maximum Gasteiger partial charge on any atom is 0.303 e. The van der Waals surface area contributed by atoms with Gasteiger partial charge in [0.05, 0.1) is 6.42 Å². The van der Waals surface area contributed by atoms with Crippen LogP contribution in [0.3, 0.4) is 0 Å². The second-order valence-electron chi connectivity index (χ2n) is 4.22. The van der Waals surface area contributed by atoms with E-state index in [-0.39, 0.29) is 5.41 Å². The summed E-state index contributed by atoms with van der Waals surface area (Å²) in [7, 11) is 0. The van der Waals surface area contributed by atoms with Crippen LogP contribution >= 0.6 is 0 Å². The first-order valence-corrected chi connectivity index (χ1v) is 4.42. The average Bonchev–Trinajstić information content (AvgIpc) is 2.43. The van der Waals surface area contributed by atoms with E-state index in [1.54, 1.807) is 0 Å². The van der Waals surface area contributed by atoms with Crippen LogP contribution < -0.4 is 0 Å². The second-order valence-corrected chi connectivity index (χ2v) is 4.22. The summed E-state index contributed by atoms with van der Waals surface area (Å²) in [6, 6.07) is 0. The smallest absolute Gasteiger partial charge is 0.303 e. The van der Waals surface area contributed by atoms with Crippen LogP contribution in [0.5, 0.6) is 0 Å². The molecule has 2 heteroatoms. The summed E-state index contributed by atoms with van der Waals surface area (Å²) in [5, 5.41) is 8.69. The number of carboxylic acids is 1. The van der Waals surface area contributed by atoms with Crippen LogP contribution in [0, 0.1) is 11.3 Å². The van der Waals surface area contributed by atoms with Crippen LogP contribution in [0.2, 0.25) is 0 Å². The van der Waals surface area contributed by atoms with E-state index in [0.29, 0.717) is 6.42 Å². The molecule has 0 radical (unpaired) electrons. The molecule has 0 spiro atoms. The third kappa shape index (κ3) is 1.15. The molecule has 2 saturated carbocycles. The lowest BCUT2D eigenvalue weighted by molar-refractivity contribution is -0.139. The number of carbonyl (C=O) groups is 1. The van der Waals surface area contributed by atoms with Gasteiger partial charge in [0, 0.05) is 0 Å². The van der Waals surface area contributed by atoms with Crippen LogP contribution in [0.1, 0.15) is 38.5 Å². The van der Waals surface area contributed by atoms with E-state index in [1.165, 1.54) is 32.1 Å². The number of fused-ring (bicyclic) bond motifs is 2. The van der Waals surface area contributed by atoms with Gasteiger partial charge in [0.2, 0.25) is 0 Å². The minimum Gasteiger partial charge on any atom is -0.481 e. The van der Waals surface area contributed by atoms with Crippen molar-refractivity contribution in [1.29, 1.82) is 0 Å². The van der Waals surface area contributed by atoms with Crippen molar-refractivity contribution in [2.45, 2.75) is 38.5 Å². The standard InChI is InChI=1S/C9H14O2/c10-8(11)6-9-3-1-7(5-9)2-4-9/h7H,1-6H2,(H,10,11). The number of hydrogen-bond acceptors (Lipinski definition) is 1. The van der Waals surface area contributed by atoms with E-state index >= 15 is 0 Å². The van der Waals surface area contributed by atoms with Crippen molar-refractivity contribution in [3.8, 4) is 0 Å². The Morgan fingerprint density at radius 3 is 2.45 bits per heavy atom. The fourth-order valence-electron chi connectivity index (χ4n) is 2.88. The van der Waals surface area contributed by atoms with Crippen LogP contribution in [0.25, 0.3) is 0 Å². The quantitative estimate of drug-likeness (QED) is 0.660. The highest BCUT2D eigenvalue weighted by atomic mass is 16.4. The summed E-state index contributed by atoms with van der Waals surface area (Å²) in [5.74, 6) is 0.266. The topological polar surface area (TPSA) is 37.3 Å². The van der Waals surface area contributed by atoms with Gasteiger partial charge in [-0.1, -0.05) is 0 Å². The molecule has 2 aliphatic rings. The van der Waals surface area contributed by atoms with Crippen molar-refractivity contribution in [2.24, 2.45) is 11.3 Å². The summed E-state index contributed by atoms with van der Waals surface area (Å²) >= 11 is 0. The fraction of sp³-hybridized carbons (Fsp3) is 0.889. The number of rotatable bonds is 2. The first kappa shape index (κ1) is 7.14. The van der Waals surface area contributed by atoms with Crippen LogP contribution in [-0.2, 0) is 4.79 Å².